The van der Waals surface area contributed by atoms with Gasteiger partial charge in [0.1, 0.15) is 13.2 Å². The van der Waals surface area contributed by atoms with Crippen molar-refractivity contribution < 1.29 is 28.6 Å². The smallest absolute Gasteiger partial charge is 0.306 e. The quantitative estimate of drug-likeness (QED) is 0.0261. The van der Waals surface area contributed by atoms with Crippen LogP contribution in [0.25, 0.3) is 0 Å². The molecule has 0 aromatic heterocycles. The molecule has 0 fully saturated rings. The van der Waals surface area contributed by atoms with E-state index in [-0.39, 0.29) is 31.1 Å². The van der Waals surface area contributed by atoms with Gasteiger partial charge in [-0.1, -0.05) is 309 Å². The zero-order valence-electron chi connectivity index (χ0n) is 54.2. The minimum Gasteiger partial charge on any atom is -0.462 e. The van der Waals surface area contributed by atoms with Crippen molar-refractivity contribution in [3.05, 3.63) is 134 Å². The number of allylic oxidation sites excluding steroid dienone is 22. The first-order valence-corrected chi connectivity index (χ1v) is 34.7. The molecule has 6 nitrogen and oxygen atoms in total. The van der Waals surface area contributed by atoms with Crippen LogP contribution >= 0.6 is 0 Å². The second-order valence-electron chi connectivity index (χ2n) is 22.7. The number of hydrogen-bond donors (Lipinski definition) is 0. The molecule has 0 N–H and O–H groups in total. The van der Waals surface area contributed by atoms with E-state index in [1.807, 2.05) is 0 Å². The third-order valence-electron chi connectivity index (χ3n) is 14.6. The van der Waals surface area contributed by atoms with E-state index in [2.05, 4.69) is 154 Å². The lowest BCUT2D eigenvalue weighted by molar-refractivity contribution is -0.167. The average molecular weight is 1150 g/mol. The summed E-state index contributed by atoms with van der Waals surface area (Å²) >= 11 is 0. The van der Waals surface area contributed by atoms with Crippen molar-refractivity contribution in [2.75, 3.05) is 13.2 Å². The Morgan fingerprint density at radius 3 is 0.759 bits per heavy atom. The predicted octanol–water partition coefficient (Wildman–Crippen LogP) is 24.1. The lowest BCUT2D eigenvalue weighted by atomic mass is 10.0. The summed E-state index contributed by atoms with van der Waals surface area (Å²) in [5.41, 5.74) is 0. The van der Waals surface area contributed by atoms with Gasteiger partial charge >= 0.3 is 17.9 Å². The first-order chi connectivity index (χ1) is 41.0. The number of carbonyl (C=O) groups is 3. The van der Waals surface area contributed by atoms with Crippen LogP contribution in [0.4, 0.5) is 0 Å². The highest BCUT2D eigenvalue weighted by molar-refractivity contribution is 5.71. The minimum absolute atomic E-state index is 0.0885. The maximum atomic E-state index is 12.9. The standard InChI is InChI=1S/C77H128O6/c1-4-7-10-13-16-19-22-25-28-30-32-33-34-35-36-37-38-39-40-41-42-43-45-46-49-52-55-58-61-64-67-70-76(79)82-73-74(72-81-75(78)69-66-63-60-57-54-51-48-27-24-21-18-15-12-9-6-3)83-77(80)71-68-65-62-59-56-53-50-47-44-31-29-26-23-20-17-14-11-8-5-2/h7,10,16-17,19-20,25-26,28-29,32-33,35-36,38-39,41-42,44-47,74H,4-6,8-9,11-15,18,21-24,27,30-31,34,37,40,43,48-73H2,1-3H3/b10-7-,19-16-,20-17-,28-25-,29-26-,33-32-,36-35-,39-38-,42-41-,46-45-,47-44-. The SMILES string of the molecule is CC/C=C\C/C=C\C/C=C\C/C=C\C/C=C\C/C=C\C/C=C\C/C=C\CCCCCCCCC(=O)OCC(COC(=O)CCCCCCCCCCCCCCCCC)OC(=O)CCCCCCCC/C=C\C/C=C\C/C=C\CCCCC. The van der Waals surface area contributed by atoms with E-state index in [9.17, 15) is 14.4 Å². The molecule has 0 heterocycles. The Labute approximate surface area is 513 Å². The molecule has 0 aromatic carbocycles. The monoisotopic (exact) mass is 1150 g/mol. The van der Waals surface area contributed by atoms with Crippen molar-refractivity contribution in [3.8, 4) is 0 Å². The number of esters is 3. The molecule has 0 amide bonds. The maximum Gasteiger partial charge on any atom is 0.306 e. The van der Waals surface area contributed by atoms with E-state index in [1.165, 1.54) is 128 Å². The summed E-state index contributed by atoms with van der Waals surface area (Å²) in [6.07, 6.45) is 98.9. The molecule has 6 heteroatoms. The second-order valence-corrected chi connectivity index (χ2v) is 22.7. The molecular formula is C77H128O6. The normalized spacial score (nSPS) is 13.0. The zero-order valence-corrected chi connectivity index (χ0v) is 54.2. The van der Waals surface area contributed by atoms with E-state index < -0.39 is 6.10 Å². The van der Waals surface area contributed by atoms with E-state index in [4.69, 9.17) is 14.2 Å². The molecule has 0 saturated carbocycles. The van der Waals surface area contributed by atoms with Gasteiger partial charge in [0.05, 0.1) is 0 Å². The van der Waals surface area contributed by atoms with Crippen LogP contribution in [-0.4, -0.2) is 37.2 Å². The van der Waals surface area contributed by atoms with Gasteiger partial charge in [0.15, 0.2) is 6.10 Å². The minimum atomic E-state index is -0.796. The molecule has 1 unspecified atom stereocenters. The summed E-state index contributed by atoms with van der Waals surface area (Å²) in [5.74, 6) is -0.908. The van der Waals surface area contributed by atoms with Crippen molar-refractivity contribution in [1.29, 1.82) is 0 Å². The first-order valence-electron chi connectivity index (χ1n) is 34.7. The van der Waals surface area contributed by atoms with E-state index in [1.54, 1.807) is 0 Å². The largest absolute Gasteiger partial charge is 0.462 e. The Kier molecular flexibility index (Phi) is 66.3. The highest BCUT2D eigenvalue weighted by Gasteiger charge is 2.19. The Morgan fingerprint density at radius 1 is 0.253 bits per heavy atom. The van der Waals surface area contributed by atoms with Crippen LogP contribution in [-0.2, 0) is 28.6 Å². The average Bonchev–Trinajstić information content (AvgIpc) is 3.49. The number of ether oxygens (including phenoxy) is 3. The van der Waals surface area contributed by atoms with Crippen molar-refractivity contribution >= 4 is 17.9 Å². The summed E-state index contributed by atoms with van der Waals surface area (Å²) in [4.78, 5) is 38.4. The lowest BCUT2D eigenvalue weighted by Gasteiger charge is -2.18. The number of rotatable bonds is 62. The van der Waals surface area contributed by atoms with Gasteiger partial charge in [-0.25, -0.2) is 0 Å². The zero-order chi connectivity index (χ0) is 59.9. The van der Waals surface area contributed by atoms with Gasteiger partial charge in [-0.05, 0) is 122 Å². The summed E-state index contributed by atoms with van der Waals surface area (Å²) in [5, 5.41) is 0. The molecule has 83 heavy (non-hydrogen) atoms. The molecule has 0 bridgehead atoms. The highest BCUT2D eigenvalue weighted by Crippen LogP contribution is 2.16. The molecule has 0 aromatic rings. The maximum absolute atomic E-state index is 12.9. The topological polar surface area (TPSA) is 78.9 Å². The van der Waals surface area contributed by atoms with E-state index in [0.29, 0.717) is 19.3 Å². The molecule has 0 aliphatic heterocycles. The first kappa shape index (κ1) is 78.5. The Bertz CT molecular complexity index is 1750. The summed E-state index contributed by atoms with van der Waals surface area (Å²) in [7, 11) is 0. The van der Waals surface area contributed by atoms with Gasteiger partial charge < -0.3 is 14.2 Å². The molecule has 472 valence electrons. The van der Waals surface area contributed by atoms with Crippen molar-refractivity contribution in [3.63, 3.8) is 0 Å². The van der Waals surface area contributed by atoms with Crippen LogP contribution in [0.2, 0.25) is 0 Å². The van der Waals surface area contributed by atoms with Crippen LogP contribution in [0.5, 0.6) is 0 Å². The highest BCUT2D eigenvalue weighted by atomic mass is 16.6. The molecule has 0 aliphatic rings. The molecule has 0 spiro atoms. The second kappa shape index (κ2) is 70.0. The number of hydrogen-bond acceptors (Lipinski definition) is 6. The molecule has 1 atom stereocenters. The Morgan fingerprint density at radius 2 is 0.470 bits per heavy atom. The predicted molar refractivity (Wildman–Crippen MR) is 362 cm³/mol. The lowest BCUT2D eigenvalue weighted by Crippen LogP contribution is -2.30. The van der Waals surface area contributed by atoms with Gasteiger partial charge in [-0.2, -0.15) is 0 Å². The van der Waals surface area contributed by atoms with Crippen molar-refractivity contribution in [2.24, 2.45) is 0 Å². The third-order valence-corrected chi connectivity index (χ3v) is 14.6. The Balaban J connectivity index is 4.38. The van der Waals surface area contributed by atoms with Crippen LogP contribution in [0.3, 0.4) is 0 Å². The fourth-order valence-electron chi connectivity index (χ4n) is 9.47. The van der Waals surface area contributed by atoms with Gasteiger partial charge in [0, 0.05) is 19.3 Å². The van der Waals surface area contributed by atoms with Gasteiger partial charge in [0.2, 0.25) is 0 Å². The number of carbonyl (C=O) groups excluding carboxylic acids is 3. The fourth-order valence-corrected chi connectivity index (χ4v) is 9.47. The summed E-state index contributed by atoms with van der Waals surface area (Å²) in [6, 6.07) is 0. The Hall–Kier alpha value is -4.45. The molecule has 0 saturated heterocycles. The summed E-state index contributed by atoms with van der Waals surface area (Å²) in [6.45, 7) is 6.50. The molecular weight excluding hydrogens is 1020 g/mol. The fraction of sp³-hybridized carbons (Fsp3) is 0.675. The molecule has 0 radical (unpaired) electrons. The molecule has 0 aliphatic carbocycles. The van der Waals surface area contributed by atoms with Gasteiger partial charge in [0.25, 0.3) is 0 Å². The van der Waals surface area contributed by atoms with Gasteiger partial charge in [-0.15, -0.1) is 0 Å². The van der Waals surface area contributed by atoms with Crippen LogP contribution in [0, 0.1) is 0 Å². The summed E-state index contributed by atoms with van der Waals surface area (Å²) < 4.78 is 17.0. The van der Waals surface area contributed by atoms with Crippen molar-refractivity contribution in [1.82, 2.24) is 0 Å². The number of unbranched alkanes of at least 4 members (excludes halogenated alkanes) is 29. The van der Waals surface area contributed by atoms with Crippen LogP contribution in [0.15, 0.2) is 134 Å². The van der Waals surface area contributed by atoms with E-state index in [0.717, 1.165) is 148 Å². The van der Waals surface area contributed by atoms with Crippen LogP contribution < -0.4 is 0 Å². The molecule has 0 rings (SSSR count). The van der Waals surface area contributed by atoms with Crippen molar-refractivity contribution in [2.45, 2.75) is 322 Å². The third kappa shape index (κ3) is 68.2. The van der Waals surface area contributed by atoms with E-state index >= 15 is 0 Å². The van der Waals surface area contributed by atoms with Gasteiger partial charge in [-0.3, -0.25) is 14.4 Å². The van der Waals surface area contributed by atoms with Crippen LogP contribution in [0.1, 0.15) is 316 Å².